The van der Waals surface area contributed by atoms with Gasteiger partial charge in [-0.2, -0.15) is 0 Å². The molecule has 3 aromatic carbocycles. The summed E-state index contributed by atoms with van der Waals surface area (Å²) in [5.74, 6) is 0. The predicted molar refractivity (Wildman–Crippen MR) is 125 cm³/mol. The molecular weight excluding hydrogens is 388 g/mol. The van der Waals surface area contributed by atoms with Crippen LogP contribution in [0.4, 0.5) is 5.69 Å². The van der Waals surface area contributed by atoms with Crippen LogP contribution in [0, 0.1) is 0 Å². The average Bonchev–Trinajstić information content (AvgIpc) is 3.27. The zero-order valence-corrected chi connectivity index (χ0v) is 17.3. The Bertz CT molecular complexity index is 1170. The highest BCUT2D eigenvalue weighted by atomic mass is 35.5. The van der Waals surface area contributed by atoms with Crippen LogP contribution in [0.5, 0.6) is 0 Å². The molecule has 0 saturated heterocycles. The van der Waals surface area contributed by atoms with Crippen molar-refractivity contribution in [2.75, 3.05) is 0 Å². The van der Waals surface area contributed by atoms with Crippen molar-refractivity contribution in [1.29, 1.82) is 0 Å². The molecule has 146 valence electrons. The second-order valence-electron chi connectivity index (χ2n) is 7.51. The molecule has 0 spiro atoms. The summed E-state index contributed by atoms with van der Waals surface area (Å²) in [4.78, 5) is 10.2. The molecule has 0 N–H and O–H groups in total. The number of aromatic nitrogens is 1. The molecule has 1 aromatic heterocycles. The van der Waals surface area contributed by atoms with E-state index in [-0.39, 0.29) is 0 Å². The summed E-state index contributed by atoms with van der Waals surface area (Å²) in [5, 5.41) is 0.717. The first-order valence-electron chi connectivity index (χ1n) is 10.3. The molecule has 1 aliphatic rings. The second-order valence-corrected chi connectivity index (χ2v) is 7.94. The van der Waals surface area contributed by atoms with Gasteiger partial charge in [0.15, 0.2) is 0 Å². The Morgan fingerprint density at radius 2 is 1.47 bits per heavy atom. The molecule has 0 radical (unpaired) electrons. The SMILES string of the molecule is Clc1cccc(-c2cc(N=C(c3ccccc3)c3ccccc3)c3c(n2)CCC3)c1. The molecule has 0 atom stereocenters. The van der Waals surface area contributed by atoms with Crippen molar-refractivity contribution >= 4 is 23.0 Å². The van der Waals surface area contributed by atoms with Crippen molar-refractivity contribution in [3.8, 4) is 11.3 Å². The van der Waals surface area contributed by atoms with E-state index < -0.39 is 0 Å². The normalized spacial score (nSPS) is 12.4. The van der Waals surface area contributed by atoms with Gasteiger partial charge in [-0.25, -0.2) is 4.99 Å². The van der Waals surface area contributed by atoms with E-state index in [1.54, 1.807) is 0 Å². The first kappa shape index (κ1) is 18.8. The minimum Gasteiger partial charge on any atom is -0.252 e. The molecule has 0 unspecified atom stereocenters. The largest absolute Gasteiger partial charge is 0.252 e. The van der Waals surface area contributed by atoms with Crippen LogP contribution in [-0.2, 0) is 12.8 Å². The van der Waals surface area contributed by atoms with E-state index in [0.717, 1.165) is 58.7 Å². The third-order valence-corrected chi connectivity index (χ3v) is 5.71. The Morgan fingerprint density at radius 3 is 2.13 bits per heavy atom. The molecule has 30 heavy (non-hydrogen) atoms. The third kappa shape index (κ3) is 3.79. The number of pyridine rings is 1. The first-order valence-corrected chi connectivity index (χ1v) is 10.6. The second kappa shape index (κ2) is 8.25. The van der Waals surface area contributed by atoms with Crippen LogP contribution in [-0.4, -0.2) is 10.7 Å². The summed E-state index contributed by atoms with van der Waals surface area (Å²) in [5.41, 5.74) is 8.58. The van der Waals surface area contributed by atoms with Crippen LogP contribution in [0.3, 0.4) is 0 Å². The zero-order valence-electron chi connectivity index (χ0n) is 16.6. The van der Waals surface area contributed by atoms with Crippen LogP contribution in [0.1, 0.15) is 28.8 Å². The molecule has 0 aliphatic heterocycles. The van der Waals surface area contributed by atoms with Gasteiger partial charge in [0.05, 0.1) is 17.1 Å². The van der Waals surface area contributed by atoms with Crippen LogP contribution in [0.15, 0.2) is 96.0 Å². The summed E-state index contributed by atoms with van der Waals surface area (Å²) in [6.45, 7) is 0. The molecule has 4 aromatic rings. The van der Waals surface area contributed by atoms with Gasteiger partial charge in [0.25, 0.3) is 0 Å². The fraction of sp³-hybridized carbons (Fsp3) is 0.111. The zero-order chi connectivity index (χ0) is 20.3. The van der Waals surface area contributed by atoms with Crippen LogP contribution < -0.4 is 0 Å². The van der Waals surface area contributed by atoms with Crippen molar-refractivity contribution in [1.82, 2.24) is 4.98 Å². The monoisotopic (exact) mass is 408 g/mol. The van der Waals surface area contributed by atoms with Crippen molar-refractivity contribution in [2.24, 2.45) is 4.99 Å². The van der Waals surface area contributed by atoms with E-state index >= 15 is 0 Å². The maximum absolute atomic E-state index is 6.24. The van der Waals surface area contributed by atoms with Crippen LogP contribution in [0.2, 0.25) is 5.02 Å². The van der Waals surface area contributed by atoms with Crippen molar-refractivity contribution in [2.45, 2.75) is 19.3 Å². The van der Waals surface area contributed by atoms with Gasteiger partial charge in [0.1, 0.15) is 0 Å². The van der Waals surface area contributed by atoms with Crippen molar-refractivity contribution < 1.29 is 0 Å². The van der Waals surface area contributed by atoms with E-state index in [2.05, 4.69) is 60.7 Å². The maximum Gasteiger partial charge on any atom is 0.0781 e. The summed E-state index contributed by atoms with van der Waals surface area (Å²) < 4.78 is 0. The van der Waals surface area contributed by atoms with Crippen LogP contribution in [0.25, 0.3) is 11.3 Å². The van der Waals surface area contributed by atoms with E-state index in [0.29, 0.717) is 5.02 Å². The number of halogens is 1. The average molecular weight is 409 g/mol. The number of rotatable bonds is 4. The molecule has 2 nitrogen and oxygen atoms in total. The topological polar surface area (TPSA) is 25.2 Å². The summed E-state index contributed by atoms with van der Waals surface area (Å²) in [6.07, 6.45) is 3.14. The Labute approximate surface area is 181 Å². The molecule has 0 amide bonds. The third-order valence-electron chi connectivity index (χ3n) is 5.47. The maximum atomic E-state index is 6.24. The van der Waals surface area contributed by atoms with Gasteiger partial charge in [0.2, 0.25) is 0 Å². The van der Waals surface area contributed by atoms with E-state index in [9.17, 15) is 0 Å². The van der Waals surface area contributed by atoms with Gasteiger partial charge in [-0.05, 0) is 43.0 Å². The van der Waals surface area contributed by atoms with E-state index in [1.807, 2.05) is 30.3 Å². The number of benzene rings is 3. The molecule has 0 saturated carbocycles. The number of aryl methyl sites for hydroxylation is 1. The molecule has 1 aliphatic carbocycles. The van der Waals surface area contributed by atoms with Gasteiger partial charge in [-0.3, -0.25) is 4.98 Å². The van der Waals surface area contributed by atoms with Gasteiger partial charge in [-0.1, -0.05) is 84.4 Å². The lowest BCUT2D eigenvalue weighted by molar-refractivity contribution is 0.900. The number of nitrogens with zero attached hydrogens (tertiary/aromatic N) is 2. The van der Waals surface area contributed by atoms with Gasteiger partial charge >= 0.3 is 0 Å². The Morgan fingerprint density at radius 1 is 0.767 bits per heavy atom. The van der Waals surface area contributed by atoms with E-state index in [4.69, 9.17) is 21.6 Å². The molecular formula is C27H21ClN2. The molecule has 0 bridgehead atoms. The van der Waals surface area contributed by atoms with E-state index in [1.165, 1.54) is 5.56 Å². The Hall–Kier alpha value is -3.23. The summed E-state index contributed by atoms with van der Waals surface area (Å²) in [6, 6.07) is 30.8. The summed E-state index contributed by atoms with van der Waals surface area (Å²) >= 11 is 6.24. The lowest BCUT2D eigenvalue weighted by atomic mass is 10.0. The highest BCUT2D eigenvalue weighted by molar-refractivity contribution is 6.30. The Kier molecular flexibility index (Phi) is 5.17. The minimum atomic E-state index is 0.717. The quantitative estimate of drug-likeness (QED) is 0.332. The lowest BCUT2D eigenvalue weighted by Crippen LogP contribution is -2.03. The molecule has 3 heteroatoms. The summed E-state index contributed by atoms with van der Waals surface area (Å²) in [7, 11) is 0. The van der Waals surface area contributed by atoms with Crippen molar-refractivity contribution in [3.63, 3.8) is 0 Å². The van der Waals surface area contributed by atoms with Crippen LogP contribution >= 0.6 is 11.6 Å². The van der Waals surface area contributed by atoms with Gasteiger partial charge in [-0.15, -0.1) is 0 Å². The lowest BCUT2D eigenvalue weighted by Gasteiger charge is -2.12. The number of aliphatic imine (C=N–C) groups is 1. The molecule has 5 rings (SSSR count). The minimum absolute atomic E-state index is 0.717. The molecule has 1 heterocycles. The predicted octanol–water partition coefficient (Wildman–Crippen LogP) is 7.06. The van der Waals surface area contributed by atoms with Gasteiger partial charge < -0.3 is 0 Å². The smallest absolute Gasteiger partial charge is 0.0781 e. The van der Waals surface area contributed by atoms with Gasteiger partial charge in [0, 0.05) is 27.4 Å². The van der Waals surface area contributed by atoms with Crippen molar-refractivity contribution in [3.05, 3.63) is 118 Å². The molecule has 0 fully saturated rings. The highest BCUT2D eigenvalue weighted by Crippen LogP contribution is 2.35. The first-order chi connectivity index (χ1) is 14.8. The number of hydrogen-bond donors (Lipinski definition) is 0. The number of hydrogen-bond acceptors (Lipinski definition) is 2. The number of fused-ring (bicyclic) bond motifs is 1. The fourth-order valence-electron chi connectivity index (χ4n) is 4.03. The Balaban J connectivity index is 1.71. The fourth-order valence-corrected chi connectivity index (χ4v) is 4.22. The standard InChI is InChI=1S/C27H21ClN2/c28-22-14-7-13-21(17-22)25-18-26(23-15-8-16-24(23)29-25)30-27(19-9-3-1-4-10-19)20-11-5-2-6-12-20/h1-7,9-14,17-18H,8,15-16H2. The highest BCUT2D eigenvalue weighted by Gasteiger charge is 2.19.